The number of phenols is 2. The number of hydrogen-bond donors (Lipinski definition) is 4. The zero-order valence-corrected chi connectivity index (χ0v) is 21.8. The molecule has 0 spiro atoms. The van der Waals surface area contributed by atoms with Crippen LogP contribution in [0.15, 0.2) is 23.3 Å². The first-order valence-electron chi connectivity index (χ1n) is 12.6. The number of Topliss-reactive ketones (excluding diaryl/α,β-unsaturated/α-hetero) is 1. The van der Waals surface area contributed by atoms with Gasteiger partial charge in [0, 0.05) is 40.9 Å². The van der Waals surface area contributed by atoms with Crippen LogP contribution < -0.4 is 4.74 Å². The first-order chi connectivity index (χ1) is 18.9. The number of aliphatic hydroxyl groups is 2. The zero-order chi connectivity index (χ0) is 29.1. The van der Waals surface area contributed by atoms with E-state index >= 15 is 0 Å². The van der Waals surface area contributed by atoms with E-state index in [1.54, 1.807) is 0 Å². The molecule has 1 unspecified atom stereocenters. The molecule has 0 bridgehead atoms. The predicted molar refractivity (Wildman–Crippen MR) is 135 cm³/mol. The van der Waals surface area contributed by atoms with Crippen molar-refractivity contribution in [3.05, 3.63) is 62.0 Å². The molecule has 13 nitrogen and oxygen atoms in total. The maximum atomic E-state index is 13.7. The summed E-state index contributed by atoms with van der Waals surface area (Å²) in [6, 6.07) is 3.47. The van der Waals surface area contributed by atoms with Gasteiger partial charge < -0.3 is 34.6 Å². The molecule has 6 atom stereocenters. The Kier molecular flexibility index (Phi) is 6.81. The first-order valence-corrected chi connectivity index (χ1v) is 12.6. The Morgan fingerprint density at radius 1 is 1.18 bits per heavy atom. The average molecular weight is 554 g/mol. The quantitative estimate of drug-likeness (QED) is 0.157. The van der Waals surface area contributed by atoms with Gasteiger partial charge in [-0.3, -0.25) is 14.4 Å². The number of methoxy groups -OCH3 is 1. The summed E-state index contributed by atoms with van der Waals surface area (Å²) >= 11 is 0. The second-order valence-electron chi connectivity index (χ2n) is 10.2. The van der Waals surface area contributed by atoms with E-state index < -0.39 is 82.6 Å². The summed E-state index contributed by atoms with van der Waals surface area (Å²) in [5.74, 6) is -3.38. The number of benzene rings is 2. The number of ketones is 3. The largest absolute Gasteiger partial charge is 0.507 e. The van der Waals surface area contributed by atoms with Crippen LogP contribution in [0.2, 0.25) is 0 Å². The molecular weight excluding hydrogens is 526 g/mol. The van der Waals surface area contributed by atoms with Gasteiger partial charge in [-0.25, -0.2) is 0 Å². The third-order valence-electron chi connectivity index (χ3n) is 7.92. The van der Waals surface area contributed by atoms with Crippen LogP contribution in [-0.2, 0) is 20.7 Å². The maximum Gasteiger partial charge on any atom is 0.202 e. The number of fused-ring (bicyclic) bond motifs is 3. The molecule has 1 saturated heterocycles. The molecule has 1 aliphatic heterocycles. The summed E-state index contributed by atoms with van der Waals surface area (Å²) in [6.07, 6.45) is -5.32. The lowest BCUT2D eigenvalue weighted by Gasteiger charge is -2.42. The van der Waals surface area contributed by atoms with Gasteiger partial charge in [-0.1, -0.05) is 17.2 Å². The SMILES string of the molecule is COc1cccc2c1C(=O)c1c(O)c3c(c(O)c1C2=O)C[C@@](O)(C(C)=O)CC3O[C@H]1C[C@H](N=[N+]=[N-])[C@H](O)[C@H](C)O1. The van der Waals surface area contributed by atoms with Gasteiger partial charge in [0.1, 0.15) is 22.8 Å². The number of aliphatic hydroxyl groups excluding tert-OH is 1. The van der Waals surface area contributed by atoms with Crippen LogP contribution in [0.4, 0.5) is 0 Å². The maximum absolute atomic E-state index is 13.7. The third-order valence-corrected chi connectivity index (χ3v) is 7.92. The number of ether oxygens (including phenoxy) is 3. The molecule has 1 heterocycles. The summed E-state index contributed by atoms with van der Waals surface area (Å²) in [4.78, 5) is 42.5. The van der Waals surface area contributed by atoms with E-state index in [2.05, 4.69) is 10.0 Å². The van der Waals surface area contributed by atoms with Gasteiger partial charge >= 0.3 is 0 Å². The molecule has 0 amide bonds. The first kappa shape index (κ1) is 27.6. The van der Waals surface area contributed by atoms with Crippen molar-refractivity contribution in [3.63, 3.8) is 0 Å². The minimum Gasteiger partial charge on any atom is -0.507 e. The lowest BCUT2D eigenvalue weighted by atomic mass is 9.72. The molecule has 2 aliphatic carbocycles. The van der Waals surface area contributed by atoms with Crippen molar-refractivity contribution in [2.24, 2.45) is 5.11 Å². The highest BCUT2D eigenvalue weighted by atomic mass is 16.7. The standard InChI is InChI=1S/C27H27N3O10/c1-10-22(32)14(29-30-28)7-17(39-10)40-16-9-27(37,11(2)31)8-13-19(16)26(36)21-20(24(13)34)23(33)12-5-4-6-15(38-3)18(12)25(21)35/h4-6,10,14,16-17,22,32,34,36-37H,7-9H2,1-3H3/t10-,14-,16?,17-,22+,27-/m0/s1. The normalized spacial score (nSPS) is 29.1. The van der Waals surface area contributed by atoms with Gasteiger partial charge in [-0.2, -0.15) is 0 Å². The summed E-state index contributed by atoms with van der Waals surface area (Å²) < 4.78 is 17.1. The second kappa shape index (κ2) is 9.88. The highest BCUT2D eigenvalue weighted by molar-refractivity contribution is 6.31. The zero-order valence-electron chi connectivity index (χ0n) is 21.8. The van der Waals surface area contributed by atoms with Crippen molar-refractivity contribution in [2.75, 3.05) is 7.11 Å². The average Bonchev–Trinajstić information content (AvgIpc) is 2.91. The fourth-order valence-corrected chi connectivity index (χ4v) is 5.78. The van der Waals surface area contributed by atoms with Crippen molar-refractivity contribution < 1.29 is 49.0 Å². The number of azide groups is 1. The van der Waals surface area contributed by atoms with Crippen LogP contribution in [0.25, 0.3) is 10.4 Å². The molecule has 13 heteroatoms. The Balaban J connectivity index is 1.67. The lowest BCUT2D eigenvalue weighted by Crippen LogP contribution is -2.49. The fourth-order valence-electron chi connectivity index (χ4n) is 5.78. The number of aromatic hydroxyl groups is 2. The van der Waals surface area contributed by atoms with E-state index in [1.165, 1.54) is 32.2 Å². The molecule has 5 rings (SSSR count). The van der Waals surface area contributed by atoms with Crippen molar-refractivity contribution in [2.45, 2.75) is 69.4 Å². The number of carbonyl (C=O) groups excluding carboxylic acids is 3. The van der Waals surface area contributed by atoms with Crippen LogP contribution >= 0.6 is 0 Å². The number of carbonyl (C=O) groups is 3. The molecule has 4 N–H and O–H groups in total. The molecule has 0 radical (unpaired) electrons. The molecule has 1 fully saturated rings. The minimum absolute atomic E-state index is 0.0378. The van der Waals surface area contributed by atoms with Crippen LogP contribution in [0, 0.1) is 0 Å². The Morgan fingerprint density at radius 3 is 2.52 bits per heavy atom. The highest BCUT2D eigenvalue weighted by Gasteiger charge is 2.49. The van der Waals surface area contributed by atoms with Crippen LogP contribution in [0.1, 0.15) is 75.8 Å². The molecule has 3 aliphatic rings. The number of hydrogen-bond acceptors (Lipinski definition) is 11. The summed E-state index contributed by atoms with van der Waals surface area (Å²) in [7, 11) is 1.32. The third kappa shape index (κ3) is 4.10. The monoisotopic (exact) mass is 553 g/mol. The van der Waals surface area contributed by atoms with Crippen LogP contribution in [-0.4, -0.2) is 75.0 Å². The van der Waals surface area contributed by atoms with Gasteiger partial charge in [-0.15, -0.1) is 0 Å². The lowest BCUT2D eigenvalue weighted by molar-refractivity contribution is -0.247. The Hall–Kier alpha value is -4.00. The van der Waals surface area contributed by atoms with Gasteiger partial charge in [0.05, 0.1) is 48.2 Å². The number of rotatable bonds is 5. The van der Waals surface area contributed by atoms with Crippen molar-refractivity contribution in [3.8, 4) is 17.2 Å². The van der Waals surface area contributed by atoms with Crippen LogP contribution in [0.5, 0.6) is 17.2 Å². The fraction of sp³-hybridized carbons (Fsp3) is 0.444. The summed E-state index contributed by atoms with van der Waals surface area (Å²) in [5, 5.41) is 48.0. The van der Waals surface area contributed by atoms with Crippen LogP contribution in [0.3, 0.4) is 0 Å². The van der Waals surface area contributed by atoms with E-state index in [1.807, 2.05) is 0 Å². The van der Waals surface area contributed by atoms with Gasteiger partial charge in [0.15, 0.2) is 17.9 Å². The Bertz CT molecular complexity index is 1500. The molecule has 2 aromatic rings. The molecule has 210 valence electrons. The van der Waals surface area contributed by atoms with Crippen molar-refractivity contribution in [1.82, 2.24) is 0 Å². The smallest absolute Gasteiger partial charge is 0.202 e. The molecular formula is C27H27N3O10. The number of phenolic OH excluding ortho intramolecular Hbond substituents is 2. The van der Waals surface area contributed by atoms with E-state index in [0.29, 0.717) is 0 Å². The molecule has 0 saturated carbocycles. The predicted octanol–water partition coefficient (Wildman–Crippen LogP) is 2.38. The minimum atomic E-state index is -2.05. The van der Waals surface area contributed by atoms with Gasteiger partial charge in [0.2, 0.25) is 5.78 Å². The van der Waals surface area contributed by atoms with E-state index in [-0.39, 0.29) is 40.8 Å². The summed E-state index contributed by atoms with van der Waals surface area (Å²) in [5.41, 5.74) is 5.58. The second-order valence-corrected chi connectivity index (χ2v) is 10.2. The van der Waals surface area contributed by atoms with Gasteiger partial charge in [-0.05, 0) is 25.4 Å². The topological polar surface area (TPSA) is 209 Å². The Morgan fingerprint density at radius 2 is 1.88 bits per heavy atom. The van der Waals surface area contributed by atoms with E-state index in [9.17, 15) is 34.8 Å². The molecule has 0 aromatic heterocycles. The molecule has 40 heavy (non-hydrogen) atoms. The summed E-state index contributed by atoms with van der Waals surface area (Å²) in [6.45, 7) is 2.69. The highest BCUT2D eigenvalue weighted by Crippen LogP contribution is 2.52. The number of nitrogens with zero attached hydrogens (tertiary/aromatic N) is 3. The Labute approximate surface area is 227 Å². The van der Waals surface area contributed by atoms with E-state index in [0.717, 1.165) is 6.92 Å². The molecule has 2 aromatic carbocycles. The van der Waals surface area contributed by atoms with Gasteiger partial charge in [0.25, 0.3) is 0 Å². The van der Waals surface area contributed by atoms with E-state index in [4.69, 9.17) is 19.7 Å². The van der Waals surface area contributed by atoms with Crippen molar-refractivity contribution in [1.29, 1.82) is 0 Å². The van der Waals surface area contributed by atoms with Crippen molar-refractivity contribution >= 4 is 17.3 Å².